The van der Waals surface area contributed by atoms with Gasteiger partial charge in [-0.25, -0.2) is 0 Å². The van der Waals surface area contributed by atoms with Gasteiger partial charge in [-0.1, -0.05) is 12.2 Å². The Labute approximate surface area is 76.5 Å². The van der Waals surface area contributed by atoms with Crippen LogP contribution in [0.5, 0.6) is 0 Å². The molecule has 4 nitrogen and oxygen atoms in total. The van der Waals surface area contributed by atoms with Gasteiger partial charge in [-0.3, -0.25) is 9.59 Å². The molecule has 0 saturated carbocycles. The number of carbonyl (C=O) groups is 2. The lowest BCUT2D eigenvalue weighted by molar-refractivity contribution is -0.157. The Morgan fingerprint density at radius 3 is 2.77 bits per heavy atom. The van der Waals surface area contributed by atoms with E-state index in [0.717, 1.165) is 0 Å². The molecule has 1 rings (SSSR count). The second-order valence-corrected chi connectivity index (χ2v) is 3.01. The molecule has 3 atom stereocenters. The van der Waals surface area contributed by atoms with Gasteiger partial charge in [-0.2, -0.15) is 0 Å². The summed E-state index contributed by atoms with van der Waals surface area (Å²) in [7, 11) is 0. The van der Waals surface area contributed by atoms with Crippen LogP contribution in [0.3, 0.4) is 0 Å². The highest BCUT2D eigenvalue weighted by Gasteiger charge is 2.28. The van der Waals surface area contributed by atoms with Crippen molar-refractivity contribution in [2.75, 3.05) is 0 Å². The smallest absolute Gasteiger partial charge is 0.319 e. The Balaban J connectivity index is 2.48. The summed E-state index contributed by atoms with van der Waals surface area (Å²) in [5.74, 6) is -0.995. The molecule has 0 aromatic rings. The minimum absolute atomic E-state index is 0.0245. The second-order valence-electron chi connectivity index (χ2n) is 3.01. The molecular weight excluding hydrogens is 172 g/mol. The van der Waals surface area contributed by atoms with Crippen LogP contribution < -0.4 is 0 Å². The molecule has 1 aliphatic rings. The summed E-state index contributed by atoms with van der Waals surface area (Å²) in [6, 6.07) is 0. The van der Waals surface area contributed by atoms with Crippen molar-refractivity contribution >= 4 is 12.4 Å². The van der Waals surface area contributed by atoms with Gasteiger partial charge in [-0.15, -0.1) is 0 Å². The first-order chi connectivity index (χ1) is 6.15. The van der Waals surface area contributed by atoms with E-state index < -0.39 is 11.9 Å². The molecule has 72 valence electrons. The SMILES string of the molecule is CC1C=CC([C@@H](C)C(=O)OC=O)O1. The molecule has 1 heterocycles. The molecule has 0 spiro atoms. The topological polar surface area (TPSA) is 52.6 Å². The molecule has 0 fully saturated rings. The van der Waals surface area contributed by atoms with Crippen molar-refractivity contribution in [3.63, 3.8) is 0 Å². The van der Waals surface area contributed by atoms with E-state index in [9.17, 15) is 9.59 Å². The van der Waals surface area contributed by atoms with E-state index >= 15 is 0 Å². The Hall–Kier alpha value is -1.16. The first-order valence-electron chi connectivity index (χ1n) is 4.13. The normalized spacial score (nSPS) is 28.5. The molecule has 13 heavy (non-hydrogen) atoms. The van der Waals surface area contributed by atoms with E-state index in [1.54, 1.807) is 13.0 Å². The summed E-state index contributed by atoms with van der Waals surface area (Å²) in [5.41, 5.74) is 0. The third kappa shape index (κ3) is 2.39. The van der Waals surface area contributed by atoms with E-state index in [0.29, 0.717) is 0 Å². The highest BCUT2D eigenvalue weighted by Crippen LogP contribution is 2.19. The predicted molar refractivity (Wildman–Crippen MR) is 44.8 cm³/mol. The van der Waals surface area contributed by atoms with Crippen LogP contribution in [0.2, 0.25) is 0 Å². The van der Waals surface area contributed by atoms with Gasteiger partial charge in [-0.05, 0) is 13.8 Å². The molecule has 0 radical (unpaired) electrons. The van der Waals surface area contributed by atoms with Crippen molar-refractivity contribution in [1.29, 1.82) is 0 Å². The maximum atomic E-state index is 11.1. The molecule has 0 amide bonds. The zero-order valence-corrected chi connectivity index (χ0v) is 7.60. The van der Waals surface area contributed by atoms with Gasteiger partial charge in [0.25, 0.3) is 0 Å². The summed E-state index contributed by atoms with van der Waals surface area (Å²) in [4.78, 5) is 21.0. The molecule has 0 N–H and O–H groups in total. The monoisotopic (exact) mass is 184 g/mol. The number of hydrogen-bond donors (Lipinski definition) is 0. The number of rotatable bonds is 3. The van der Waals surface area contributed by atoms with Gasteiger partial charge in [0.1, 0.15) is 0 Å². The van der Waals surface area contributed by atoms with E-state index in [1.807, 2.05) is 13.0 Å². The van der Waals surface area contributed by atoms with Crippen molar-refractivity contribution < 1.29 is 19.1 Å². The fraction of sp³-hybridized carbons (Fsp3) is 0.556. The van der Waals surface area contributed by atoms with Crippen molar-refractivity contribution in [3.05, 3.63) is 12.2 Å². The zero-order valence-electron chi connectivity index (χ0n) is 7.60. The fourth-order valence-corrected chi connectivity index (χ4v) is 1.18. The minimum atomic E-state index is -0.557. The van der Waals surface area contributed by atoms with Gasteiger partial charge >= 0.3 is 12.4 Å². The molecule has 0 bridgehead atoms. The van der Waals surface area contributed by atoms with Crippen LogP contribution in [0.25, 0.3) is 0 Å². The number of carbonyl (C=O) groups excluding carboxylic acids is 2. The third-order valence-corrected chi connectivity index (χ3v) is 1.97. The Bertz CT molecular complexity index is 234. The Morgan fingerprint density at radius 1 is 1.62 bits per heavy atom. The van der Waals surface area contributed by atoms with E-state index in [2.05, 4.69) is 4.74 Å². The van der Waals surface area contributed by atoms with Crippen LogP contribution >= 0.6 is 0 Å². The number of esters is 1. The maximum Gasteiger partial charge on any atom is 0.319 e. The standard InChI is InChI=1S/C9H12O4/c1-6-3-4-8(13-6)7(2)9(11)12-5-10/h3-8H,1-2H3/t6?,7-,8?/m1/s1. The summed E-state index contributed by atoms with van der Waals surface area (Å²) >= 11 is 0. The van der Waals surface area contributed by atoms with Crippen molar-refractivity contribution in [2.24, 2.45) is 5.92 Å². The van der Waals surface area contributed by atoms with Crippen LogP contribution in [0.4, 0.5) is 0 Å². The molecule has 4 heteroatoms. The van der Waals surface area contributed by atoms with Gasteiger partial charge in [0, 0.05) is 0 Å². The average Bonchev–Trinajstić information content (AvgIpc) is 2.51. The molecule has 1 aliphatic heterocycles. The van der Waals surface area contributed by atoms with Crippen LogP contribution in [-0.4, -0.2) is 24.6 Å². The third-order valence-electron chi connectivity index (χ3n) is 1.97. The fourth-order valence-electron chi connectivity index (χ4n) is 1.18. The molecular formula is C9H12O4. The van der Waals surface area contributed by atoms with Gasteiger partial charge in [0.05, 0.1) is 18.1 Å². The van der Waals surface area contributed by atoms with Crippen molar-refractivity contribution in [1.82, 2.24) is 0 Å². The van der Waals surface area contributed by atoms with Crippen LogP contribution in [0.15, 0.2) is 12.2 Å². The summed E-state index contributed by atoms with van der Waals surface area (Å²) < 4.78 is 9.58. The van der Waals surface area contributed by atoms with Crippen LogP contribution in [0, 0.1) is 5.92 Å². The van der Waals surface area contributed by atoms with Gasteiger partial charge < -0.3 is 9.47 Å². The maximum absolute atomic E-state index is 11.1. The molecule has 0 aliphatic carbocycles. The zero-order chi connectivity index (χ0) is 9.84. The molecule has 2 unspecified atom stereocenters. The van der Waals surface area contributed by atoms with Crippen LogP contribution in [-0.2, 0) is 19.1 Å². The molecule has 0 aromatic carbocycles. The largest absolute Gasteiger partial charge is 0.395 e. The molecule has 0 aromatic heterocycles. The van der Waals surface area contributed by atoms with Crippen molar-refractivity contribution in [3.8, 4) is 0 Å². The summed E-state index contributed by atoms with van der Waals surface area (Å²) in [5, 5.41) is 0. The Kier molecular flexibility index (Phi) is 3.19. The quantitative estimate of drug-likeness (QED) is 0.280. The van der Waals surface area contributed by atoms with E-state index in [1.165, 1.54) is 0 Å². The first-order valence-corrected chi connectivity index (χ1v) is 4.13. The van der Waals surface area contributed by atoms with Crippen molar-refractivity contribution in [2.45, 2.75) is 26.1 Å². The lowest BCUT2D eigenvalue weighted by Gasteiger charge is -2.15. The average molecular weight is 184 g/mol. The van der Waals surface area contributed by atoms with Gasteiger partial charge in [0.2, 0.25) is 0 Å². The molecule has 0 saturated heterocycles. The number of ether oxygens (including phenoxy) is 2. The lowest BCUT2D eigenvalue weighted by Crippen LogP contribution is -2.27. The Morgan fingerprint density at radius 2 is 2.31 bits per heavy atom. The highest BCUT2D eigenvalue weighted by molar-refractivity contribution is 5.79. The first kappa shape index (κ1) is 9.92. The summed E-state index contributed by atoms with van der Waals surface area (Å²) in [6.45, 7) is 3.69. The number of hydrogen-bond acceptors (Lipinski definition) is 4. The minimum Gasteiger partial charge on any atom is -0.395 e. The summed E-state index contributed by atoms with van der Waals surface area (Å²) in [6.07, 6.45) is 3.43. The highest BCUT2D eigenvalue weighted by atomic mass is 16.6. The second kappa shape index (κ2) is 4.18. The predicted octanol–water partition coefficient (Wildman–Crippen LogP) is 0.666. The van der Waals surface area contributed by atoms with E-state index in [4.69, 9.17) is 4.74 Å². The van der Waals surface area contributed by atoms with Gasteiger partial charge in [0.15, 0.2) is 0 Å². The lowest BCUT2D eigenvalue weighted by atomic mass is 10.1. The van der Waals surface area contributed by atoms with Crippen LogP contribution in [0.1, 0.15) is 13.8 Å². The van der Waals surface area contributed by atoms with E-state index in [-0.39, 0.29) is 18.7 Å².